The van der Waals surface area contributed by atoms with E-state index < -0.39 is 9.84 Å². The monoisotopic (exact) mass is 391 g/mol. The van der Waals surface area contributed by atoms with Crippen molar-refractivity contribution >= 4 is 32.2 Å². The smallest absolute Gasteiger partial charge is 0.253 e. The zero-order valence-electron chi connectivity index (χ0n) is 14.8. The van der Waals surface area contributed by atoms with Crippen LogP contribution >= 0.6 is 0 Å². The molecule has 1 fully saturated rings. The van der Waals surface area contributed by atoms with E-state index in [1.165, 1.54) is 19.0 Å². The molecule has 0 atom stereocenters. The molecule has 8 heteroatoms. The minimum absolute atomic E-state index is 0.166. The summed E-state index contributed by atoms with van der Waals surface area (Å²) in [6.07, 6.45) is 3.77. The number of H-pyrrole nitrogens is 1. The molecule has 140 valence electrons. The van der Waals surface area contributed by atoms with Gasteiger partial charge in [-0.3, -0.25) is 5.10 Å². The van der Waals surface area contributed by atoms with Crippen LogP contribution in [0.25, 0.3) is 10.8 Å². The number of hydrogen-bond donors (Lipinski definition) is 2. The number of anilines is 2. The standard InChI is InChI=1S/C20H17N5O2S/c26-28(27,16-8-7-13-3-1-2-4-15(13)11-16)20-21-10-9-18(23-20)22-19-12-17(24-25-19)14-5-6-14/h1-4,7-12,14H,5-6H2,(H2,21,22,23,24,25). The van der Waals surface area contributed by atoms with E-state index in [9.17, 15) is 8.42 Å². The Bertz CT molecular complexity index is 1280. The highest BCUT2D eigenvalue weighted by atomic mass is 32.2. The Morgan fingerprint density at radius 1 is 0.964 bits per heavy atom. The van der Waals surface area contributed by atoms with E-state index in [2.05, 4.69) is 25.5 Å². The Morgan fingerprint density at radius 3 is 2.61 bits per heavy atom. The third kappa shape index (κ3) is 3.11. The van der Waals surface area contributed by atoms with Crippen LogP contribution in [0.2, 0.25) is 0 Å². The summed E-state index contributed by atoms with van der Waals surface area (Å²) in [5, 5.41) is 11.8. The molecule has 2 aromatic carbocycles. The fraction of sp³-hybridized carbons (Fsp3) is 0.150. The van der Waals surface area contributed by atoms with Crippen LogP contribution in [-0.2, 0) is 9.84 Å². The van der Waals surface area contributed by atoms with Gasteiger partial charge in [-0.2, -0.15) is 5.10 Å². The molecule has 2 aromatic heterocycles. The summed E-state index contributed by atoms with van der Waals surface area (Å²) in [5.41, 5.74) is 1.08. The molecular formula is C20H17N5O2S. The van der Waals surface area contributed by atoms with Crippen molar-refractivity contribution in [2.75, 3.05) is 5.32 Å². The number of aromatic nitrogens is 4. The number of nitrogens with one attached hydrogen (secondary N) is 2. The van der Waals surface area contributed by atoms with E-state index in [1.807, 2.05) is 30.3 Å². The molecule has 2 N–H and O–H groups in total. The lowest BCUT2D eigenvalue weighted by molar-refractivity contribution is 0.587. The van der Waals surface area contributed by atoms with Crippen molar-refractivity contribution in [1.29, 1.82) is 0 Å². The lowest BCUT2D eigenvalue weighted by Gasteiger charge is -2.07. The highest BCUT2D eigenvalue weighted by molar-refractivity contribution is 7.91. The molecule has 1 aliphatic carbocycles. The van der Waals surface area contributed by atoms with Gasteiger partial charge in [0.25, 0.3) is 5.16 Å². The first-order valence-electron chi connectivity index (χ1n) is 8.99. The summed E-state index contributed by atoms with van der Waals surface area (Å²) in [5.74, 6) is 1.54. The van der Waals surface area contributed by atoms with E-state index >= 15 is 0 Å². The van der Waals surface area contributed by atoms with Crippen molar-refractivity contribution in [3.05, 3.63) is 66.5 Å². The molecule has 28 heavy (non-hydrogen) atoms. The number of nitrogens with zero attached hydrogens (tertiary/aromatic N) is 3. The van der Waals surface area contributed by atoms with Gasteiger partial charge in [0.05, 0.1) is 4.90 Å². The van der Waals surface area contributed by atoms with Crippen molar-refractivity contribution in [2.45, 2.75) is 28.8 Å². The number of aromatic amines is 1. The normalized spacial score (nSPS) is 14.3. The molecular weight excluding hydrogens is 374 g/mol. The van der Waals surface area contributed by atoms with Crippen LogP contribution in [0.5, 0.6) is 0 Å². The van der Waals surface area contributed by atoms with Gasteiger partial charge in [-0.15, -0.1) is 0 Å². The molecule has 0 spiro atoms. The predicted molar refractivity (Wildman–Crippen MR) is 105 cm³/mol. The molecule has 0 bridgehead atoms. The molecule has 0 saturated heterocycles. The first-order valence-corrected chi connectivity index (χ1v) is 10.5. The van der Waals surface area contributed by atoms with Crippen LogP contribution < -0.4 is 5.32 Å². The van der Waals surface area contributed by atoms with Crippen molar-refractivity contribution in [1.82, 2.24) is 20.2 Å². The summed E-state index contributed by atoms with van der Waals surface area (Å²) in [7, 11) is -3.83. The average molecular weight is 391 g/mol. The Kier molecular flexibility index (Phi) is 3.87. The second-order valence-electron chi connectivity index (χ2n) is 6.84. The maximum Gasteiger partial charge on any atom is 0.253 e. The van der Waals surface area contributed by atoms with Crippen LogP contribution in [0.4, 0.5) is 11.6 Å². The SMILES string of the molecule is O=S(=O)(c1ccc2ccccc2c1)c1nccc(Nc2cc(C3CC3)[nH]n2)n1. The summed E-state index contributed by atoms with van der Waals surface area (Å²) in [4.78, 5) is 8.35. The van der Waals surface area contributed by atoms with E-state index in [-0.39, 0.29) is 10.1 Å². The lowest BCUT2D eigenvalue weighted by Crippen LogP contribution is -2.08. The zero-order valence-corrected chi connectivity index (χ0v) is 15.6. The number of rotatable bonds is 5. The summed E-state index contributed by atoms with van der Waals surface area (Å²) < 4.78 is 26.0. The van der Waals surface area contributed by atoms with Crippen LogP contribution in [0.1, 0.15) is 24.5 Å². The Labute approximate surface area is 161 Å². The second-order valence-corrected chi connectivity index (χ2v) is 8.69. The van der Waals surface area contributed by atoms with Crippen molar-refractivity contribution < 1.29 is 8.42 Å². The van der Waals surface area contributed by atoms with E-state index in [1.54, 1.807) is 24.3 Å². The molecule has 0 amide bonds. The van der Waals surface area contributed by atoms with Gasteiger partial charge in [0.15, 0.2) is 5.82 Å². The Balaban J connectivity index is 1.46. The maximum atomic E-state index is 13.0. The van der Waals surface area contributed by atoms with Gasteiger partial charge < -0.3 is 5.32 Å². The maximum absolute atomic E-state index is 13.0. The van der Waals surface area contributed by atoms with Crippen molar-refractivity contribution in [3.8, 4) is 0 Å². The highest BCUT2D eigenvalue weighted by Crippen LogP contribution is 2.39. The molecule has 0 radical (unpaired) electrons. The van der Waals surface area contributed by atoms with Gasteiger partial charge in [0.2, 0.25) is 9.84 Å². The van der Waals surface area contributed by atoms with E-state index in [4.69, 9.17) is 0 Å². The third-order valence-corrected chi connectivity index (χ3v) is 6.33. The van der Waals surface area contributed by atoms with Gasteiger partial charge in [0, 0.05) is 23.9 Å². The van der Waals surface area contributed by atoms with Gasteiger partial charge >= 0.3 is 0 Å². The molecule has 0 unspecified atom stereocenters. The Hall–Kier alpha value is -3.26. The minimum atomic E-state index is -3.83. The molecule has 2 heterocycles. The highest BCUT2D eigenvalue weighted by Gasteiger charge is 2.26. The topological polar surface area (TPSA) is 101 Å². The van der Waals surface area contributed by atoms with E-state index in [0.29, 0.717) is 17.6 Å². The molecule has 0 aliphatic heterocycles. The lowest BCUT2D eigenvalue weighted by atomic mass is 10.1. The van der Waals surface area contributed by atoms with Gasteiger partial charge in [0.1, 0.15) is 5.82 Å². The van der Waals surface area contributed by atoms with Crippen LogP contribution in [-0.4, -0.2) is 28.6 Å². The molecule has 1 saturated carbocycles. The Morgan fingerprint density at radius 2 is 1.79 bits per heavy atom. The third-order valence-electron chi connectivity index (χ3n) is 4.78. The summed E-state index contributed by atoms with van der Waals surface area (Å²) in [6.45, 7) is 0. The predicted octanol–water partition coefficient (Wildman–Crippen LogP) is 3.81. The van der Waals surface area contributed by atoms with Crippen LogP contribution in [0.15, 0.2) is 70.8 Å². The molecule has 4 aromatic rings. The fourth-order valence-corrected chi connectivity index (χ4v) is 4.27. The second kappa shape index (κ2) is 6.42. The first kappa shape index (κ1) is 16.9. The summed E-state index contributed by atoms with van der Waals surface area (Å²) in [6, 6.07) is 16.2. The van der Waals surface area contributed by atoms with Gasteiger partial charge in [-0.1, -0.05) is 30.3 Å². The molecule has 7 nitrogen and oxygen atoms in total. The van der Waals surface area contributed by atoms with Crippen LogP contribution in [0.3, 0.4) is 0 Å². The molecule has 5 rings (SSSR count). The minimum Gasteiger partial charge on any atom is -0.323 e. The van der Waals surface area contributed by atoms with Crippen molar-refractivity contribution in [2.24, 2.45) is 0 Å². The molecule has 1 aliphatic rings. The zero-order chi connectivity index (χ0) is 19.1. The quantitative estimate of drug-likeness (QED) is 0.502. The van der Waals surface area contributed by atoms with E-state index in [0.717, 1.165) is 16.5 Å². The number of benzene rings is 2. The fourth-order valence-electron chi connectivity index (χ4n) is 3.12. The number of sulfone groups is 1. The average Bonchev–Trinajstić information content (AvgIpc) is 3.47. The number of fused-ring (bicyclic) bond motifs is 1. The summed E-state index contributed by atoms with van der Waals surface area (Å²) >= 11 is 0. The largest absolute Gasteiger partial charge is 0.323 e. The first-order chi connectivity index (χ1) is 13.6. The number of hydrogen-bond acceptors (Lipinski definition) is 6. The van der Waals surface area contributed by atoms with Gasteiger partial charge in [-0.25, -0.2) is 18.4 Å². The van der Waals surface area contributed by atoms with Crippen LogP contribution in [0, 0.1) is 0 Å². The van der Waals surface area contributed by atoms with Crippen molar-refractivity contribution in [3.63, 3.8) is 0 Å². The van der Waals surface area contributed by atoms with Gasteiger partial charge in [-0.05, 0) is 41.8 Å².